The van der Waals surface area contributed by atoms with Gasteiger partial charge in [0.1, 0.15) is 5.82 Å². The molecular weight excluding hydrogens is 458 g/mol. The Bertz CT molecular complexity index is 925. The summed E-state index contributed by atoms with van der Waals surface area (Å²) in [6.45, 7) is 5.92. The summed E-state index contributed by atoms with van der Waals surface area (Å²) in [4.78, 5) is 27.6. The molecule has 2 heterocycles. The summed E-state index contributed by atoms with van der Waals surface area (Å²) >= 11 is 0. The van der Waals surface area contributed by atoms with Crippen LogP contribution in [-0.2, 0) is 4.74 Å². The maximum atomic E-state index is 14.5. The molecule has 0 radical (unpaired) electrons. The molecule has 7 nitrogen and oxygen atoms in total. The van der Waals surface area contributed by atoms with Crippen molar-refractivity contribution < 1.29 is 33.0 Å². The molecule has 3 aliphatic rings. The number of halogens is 2. The SMILES string of the molecule is CC(C)OC(=O)N1CCC2(CC1)CC(CCCOc1cc(F)c(C(=O)N3CC[C@H](O)C3)cc1F)C2. The number of carbonyl (C=O) groups is 2. The van der Waals surface area contributed by atoms with Crippen LogP contribution in [0.3, 0.4) is 0 Å². The topological polar surface area (TPSA) is 79.3 Å². The number of β-amino-alcohol motifs (C(OH)–C–C–N with tert-alkyl or cyclic N) is 1. The van der Waals surface area contributed by atoms with Crippen LogP contribution >= 0.6 is 0 Å². The van der Waals surface area contributed by atoms with E-state index in [0.717, 1.165) is 63.7 Å². The highest BCUT2D eigenvalue weighted by atomic mass is 19.1. The number of amides is 2. The second-order valence-electron chi connectivity index (χ2n) is 10.6. The number of hydrogen-bond acceptors (Lipinski definition) is 5. The highest BCUT2D eigenvalue weighted by Crippen LogP contribution is 2.54. The molecule has 35 heavy (non-hydrogen) atoms. The fraction of sp³-hybridized carbons (Fsp3) is 0.692. The van der Waals surface area contributed by atoms with Crippen molar-refractivity contribution in [3.63, 3.8) is 0 Å². The molecule has 1 aliphatic carbocycles. The second kappa shape index (κ2) is 10.7. The normalized spacial score (nSPS) is 21.9. The maximum absolute atomic E-state index is 14.5. The third kappa shape index (κ3) is 6.05. The molecule has 2 aliphatic heterocycles. The highest BCUT2D eigenvalue weighted by Gasteiger charge is 2.46. The summed E-state index contributed by atoms with van der Waals surface area (Å²) in [6.07, 6.45) is 5.43. The lowest BCUT2D eigenvalue weighted by Crippen LogP contribution is -2.49. The molecule has 2 amide bonds. The molecule has 1 saturated carbocycles. The molecule has 1 N–H and O–H groups in total. The van der Waals surface area contributed by atoms with Crippen molar-refractivity contribution in [1.82, 2.24) is 9.80 Å². The quantitative estimate of drug-likeness (QED) is 0.570. The molecular formula is C26H36F2N2O5. The minimum atomic E-state index is -0.822. The van der Waals surface area contributed by atoms with Gasteiger partial charge in [-0.25, -0.2) is 13.6 Å². The van der Waals surface area contributed by atoms with Crippen molar-refractivity contribution in [2.75, 3.05) is 32.8 Å². The van der Waals surface area contributed by atoms with Gasteiger partial charge in [0, 0.05) is 32.2 Å². The molecule has 3 fully saturated rings. The summed E-state index contributed by atoms with van der Waals surface area (Å²) in [6, 6.07) is 1.82. The molecule has 1 aromatic carbocycles. The molecule has 0 unspecified atom stereocenters. The Morgan fingerprint density at radius 3 is 2.46 bits per heavy atom. The monoisotopic (exact) mass is 494 g/mol. The van der Waals surface area contributed by atoms with E-state index in [0.29, 0.717) is 24.3 Å². The van der Waals surface area contributed by atoms with E-state index < -0.39 is 23.6 Å². The zero-order chi connectivity index (χ0) is 25.2. The van der Waals surface area contributed by atoms with Gasteiger partial charge >= 0.3 is 6.09 Å². The highest BCUT2D eigenvalue weighted by molar-refractivity contribution is 5.94. The van der Waals surface area contributed by atoms with Crippen molar-refractivity contribution in [3.05, 3.63) is 29.3 Å². The van der Waals surface area contributed by atoms with Gasteiger partial charge in [-0.3, -0.25) is 4.79 Å². The van der Waals surface area contributed by atoms with Crippen molar-refractivity contribution in [2.45, 2.75) is 71.0 Å². The average molecular weight is 495 g/mol. The lowest BCUT2D eigenvalue weighted by molar-refractivity contribution is -0.0204. The van der Waals surface area contributed by atoms with Crippen LogP contribution in [0.4, 0.5) is 13.6 Å². The van der Waals surface area contributed by atoms with Gasteiger partial charge in [-0.1, -0.05) is 0 Å². The molecule has 0 aromatic heterocycles. The Labute approximate surface area is 205 Å². The fourth-order valence-electron chi connectivity index (χ4n) is 5.67. The van der Waals surface area contributed by atoms with E-state index in [-0.39, 0.29) is 36.7 Å². The number of nitrogens with zero attached hydrogens (tertiary/aromatic N) is 2. The number of hydrogen-bond donors (Lipinski definition) is 1. The van der Waals surface area contributed by atoms with Gasteiger partial charge in [0.25, 0.3) is 5.91 Å². The number of rotatable bonds is 7. The minimum Gasteiger partial charge on any atom is -0.490 e. The summed E-state index contributed by atoms with van der Waals surface area (Å²) < 4.78 is 39.7. The van der Waals surface area contributed by atoms with Crippen LogP contribution in [0.2, 0.25) is 0 Å². The average Bonchev–Trinajstić information content (AvgIpc) is 3.23. The van der Waals surface area contributed by atoms with Gasteiger partial charge in [-0.05, 0) is 76.2 Å². The van der Waals surface area contributed by atoms with Crippen molar-refractivity contribution in [2.24, 2.45) is 11.3 Å². The smallest absolute Gasteiger partial charge is 0.410 e. The first kappa shape index (κ1) is 25.7. The first-order chi connectivity index (χ1) is 16.7. The lowest BCUT2D eigenvalue weighted by Gasteiger charge is -2.52. The van der Waals surface area contributed by atoms with E-state index >= 15 is 0 Å². The molecule has 2 saturated heterocycles. The number of aliphatic hydroxyl groups is 1. The Morgan fingerprint density at radius 2 is 1.83 bits per heavy atom. The van der Waals surface area contributed by atoms with Crippen molar-refractivity contribution in [3.8, 4) is 5.75 Å². The van der Waals surface area contributed by atoms with Gasteiger partial charge in [0.2, 0.25) is 0 Å². The number of aliphatic hydroxyl groups excluding tert-OH is 1. The molecule has 1 atom stereocenters. The standard InChI is InChI=1S/C26H36F2N2O5/c1-17(2)35-25(33)29-9-6-26(7-10-29)14-18(15-26)4-3-11-34-23-13-21(27)20(12-22(23)28)24(32)30-8-5-19(31)16-30/h12-13,17-19,31H,3-11,14-16H2,1-2H3/t19-/m0/s1. The van der Waals surface area contributed by atoms with Gasteiger partial charge in [0.05, 0.1) is 24.4 Å². The summed E-state index contributed by atoms with van der Waals surface area (Å²) in [5, 5.41) is 9.57. The van der Waals surface area contributed by atoms with Gasteiger partial charge in [0.15, 0.2) is 11.6 Å². The molecule has 0 bridgehead atoms. The minimum absolute atomic E-state index is 0.107. The Morgan fingerprint density at radius 1 is 1.11 bits per heavy atom. The molecule has 9 heteroatoms. The van der Waals surface area contributed by atoms with Crippen LogP contribution in [0.5, 0.6) is 5.75 Å². The summed E-state index contributed by atoms with van der Waals surface area (Å²) in [7, 11) is 0. The van der Waals surface area contributed by atoms with Gasteiger partial charge in [-0.2, -0.15) is 0 Å². The Kier molecular flexibility index (Phi) is 7.83. The van der Waals surface area contributed by atoms with Crippen LogP contribution in [-0.4, -0.2) is 71.9 Å². The largest absolute Gasteiger partial charge is 0.490 e. The maximum Gasteiger partial charge on any atom is 0.410 e. The Balaban J connectivity index is 1.17. The van der Waals surface area contributed by atoms with Crippen molar-refractivity contribution >= 4 is 12.0 Å². The predicted octanol–water partition coefficient (Wildman–Crippen LogP) is 4.37. The van der Waals surface area contributed by atoms with Crippen LogP contribution in [0.1, 0.15) is 69.2 Å². The molecule has 1 spiro atoms. The van der Waals surface area contributed by atoms with Gasteiger partial charge < -0.3 is 24.4 Å². The summed E-state index contributed by atoms with van der Waals surface area (Å²) in [5.74, 6) is -1.81. The molecule has 1 aromatic rings. The first-order valence-electron chi connectivity index (χ1n) is 12.7. The first-order valence-corrected chi connectivity index (χ1v) is 12.7. The lowest BCUT2D eigenvalue weighted by atomic mass is 9.56. The number of likely N-dealkylation sites (tertiary alicyclic amines) is 2. The van der Waals surface area contributed by atoms with Gasteiger partial charge in [-0.15, -0.1) is 0 Å². The number of ether oxygens (including phenoxy) is 2. The van der Waals surface area contributed by atoms with E-state index in [1.165, 1.54) is 4.90 Å². The fourth-order valence-corrected chi connectivity index (χ4v) is 5.67. The van der Waals surface area contributed by atoms with E-state index in [9.17, 15) is 23.5 Å². The number of piperidine rings is 1. The van der Waals surface area contributed by atoms with Crippen LogP contribution < -0.4 is 4.74 Å². The molecule has 194 valence electrons. The predicted molar refractivity (Wildman–Crippen MR) is 125 cm³/mol. The van der Waals surface area contributed by atoms with Crippen LogP contribution in [0.15, 0.2) is 12.1 Å². The third-order valence-electron chi connectivity index (χ3n) is 7.58. The third-order valence-corrected chi connectivity index (χ3v) is 7.58. The molecule has 4 rings (SSSR count). The summed E-state index contributed by atoms with van der Waals surface area (Å²) in [5.41, 5.74) is -0.0180. The van der Waals surface area contributed by atoms with E-state index in [1.54, 1.807) is 4.90 Å². The number of carbonyl (C=O) groups excluding carboxylic acids is 2. The van der Waals surface area contributed by atoms with Crippen LogP contribution in [0.25, 0.3) is 0 Å². The van der Waals surface area contributed by atoms with Crippen molar-refractivity contribution in [1.29, 1.82) is 0 Å². The van der Waals surface area contributed by atoms with E-state index in [1.807, 2.05) is 13.8 Å². The van der Waals surface area contributed by atoms with Crippen LogP contribution in [0, 0.1) is 23.0 Å². The van der Waals surface area contributed by atoms with E-state index in [4.69, 9.17) is 9.47 Å². The number of benzene rings is 1. The zero-order valence-corrected chi connectivity index (χ0v) is 20.6. The van der Waals surface area contributed by atoms with E-state index in [2.05, 4.69) is 0 Å². The Hall–Kier alpha value is -2.42. The second-order valence-corrected chi connectivity index (χ2v) is 10.6. The zero-order valence-electron chi connectivity index (χ0n) is 20.6.